The van der Waals surface area contributed by atoms with Crippen LogP contribution in [0.5, 0.6) is 0 Å². The number of hydrogen-bond acceptors (Lipinski definition) is 3. The summed E-state index contributed by atoms with van der Waals surface area (Å²) in [6, 6.07) is 0. The smallest absolute Gasteiger partial charge is 0.122 e. The first-order valence-electron chi connectivity index (χ1n) is 4.37. The Balaban J connectivity index is 2.57. The average molecular weight is 172 g/mol. The molecule has 1 aliphatic heterocycles. The third-order valence-corrected chi connectivity index (χ3v) is 2.26. The normalized spacial score (nSPS) is 42.6. The van der Waals surface area contributed by atoms with E-state index in [-0.39, 0.29) is 18.6 Å². The predicted octanol–water partition coefficient (Wildman–Crippen LogP) is 0.894. The van der Waals surface area contributed by atoms with Crippen LogP contribution >= 0.6 is 0 Å². The van der Waals surface area contributed by atoms with Crippen LogP contribution in [0.1, 0.15) is 33.1 Å². The molecule has 0 aromatic carbocycles. The Labute approximate surface area is 72.7 Å². The van der Waals surface area contributed by atoms with Crippen molar-refractivity contribution >= 4 is 6.29 Å². The van der Waals surface area contributed by atoms with Crippen molar-refractivity contribution in [2.45, 2.75) is 50.9 Å². The van der Waals surface area contributed by atoms with E-state index in [4.69, 9.17) is 4.74 Å². The summed E-state index contributed by atoms with van der Waals surface area (Å²) in [5.74, 6) is 0. The van der Waals surface area contributed by atoms with Crippen molar-refractivity contribution in [2.24, 2.45) is 0 Å². The molecule has 0 radical (unpaired) electrons. The van der Waals surface area contributed by atoms with Gasteiger partial charge in [-0.25, -0.2) is 0 Å². The molecule has 0 aromatic rings. The summed E-state index contributed by atoms with van der Waals surface area (Å²) >= 11 is 0. The second kappa shape index (κ2) is 3.54. The lowest BCUT2D eigenvalue weighted by molar-refractivity contribution is -0.140. The summed E-state index contributed by atoms with van der Waals surface area (Å²) in [4.78, 5) is 10.3. The summed E-state index contributed by atoms with van der Waals surface area (Å²) in [6.45, 7) is 3.84. The number of ether oxygens (including phenoxy) is 1. The van der Waals surface area contributed by atoms with Crippen molar-refractivity contribution in [3.63, 3.8) is 0 Å². The van der Waals surface area contributed by atoms with Gasteiger partial charge in [0, 0.05) is 19.3 Å². The van der Waals surface area contributed by atoms with Gasteiger partial charge in [-0.1, -0.05) is 0 Å². The maximum atomic E-state index is 10.3. The minimum atomic E-state index is -0.821. The van der Waals surface area contributed by atoms with E-state index in [0.717, 1.165) is 6.29 Å². The first kappa shape index (κ1) is 9.68. The van der Waals surface area contributed by atoms with Crippen LogP contribution in [0.25, 0.3) is 0 Å². The Kier molecular flexibility index (Phi) is 2.85. The fraction of sp³-hybridized carbons (Fsp3) is 0.889. The molecule has 1 fully saturated rings. The molecule has 1 N–H and O–H groups in total. The Hall–Kier alpha value is -0.410. The van der Waals surface area contributed by atoms with Crippen molar-refractivity contribution in [1.29, 1.82) is 0 Å². The molecule has 0 aromatic heterocycles. The van der Waals surface area contributed by atoms with Gasteiger partial charge < -0.3 is 14.6 Å². The first-order valence-corrected chi connectivity index (χ1v) is 4.37. The van der Waals surface area contributed by atoms with Crippen LogP contribution in [-0.4, -0.2) is 29.2 Å². The third-order valence-electron chi connectivity index (χ3n) is 2.26. The first-order chi connectivity index (χ1) is 5.56. The van der Waals surface area contributed by atoms with Gasteiger partial charge in [0.1, 0.15) is 6.29 Å². The van der Waals surface area contributed by atoms with E-state index >= 15 is 0 Å². The highest BCUT2D eigenvalue weighted by Gasteiger charge is 2.36. The topological polar surface area (TPSA) is 46.5 Å². The molecule has 3 nitrogen and oxygen atoms in total. The highest BCUT2D eigenvalue weighted by atomic mass is 16.5. The van der Waals surface area contributed by atoms with Crippen molar-refractivity contribution in [2.75, 3.05) is 0 Å². The van der Waals surface area contributed by atoms with Crippen LogP contribution in [-0.2, 0) is 9.53 Å². The van der Waals surface area contributed by atoms with Crippen LogP contribution in [0, 0.1) is 0 Å². The number of rotatable bonds is 2. The maximum Gasteiger partial charge on any atom is 0.122 e. The van der Waals surface area contributed by atoms with Crippen molar-refractivity contribution < 1.29 is 14.6 Å². The van der Waals surface area contributed by atoms with E-state index in [1.54, 1.807) is 0 Å². The van der Waals surface area contributed by atoms with Crippen LogP contribution in [0.2, 0.25) is 0 Å². The van der Waals surface area contributed by atoms with Gasteiger partial charge in [0.2, 0.25) is 0 Å². The van der Waals surface area contributed by atoms with Crippen molar-refractivity contribution in [3.8, 4) is 0 Å². The summed E-state index contributed by atoms with van der Waals surface area (Å²) in [5.41, 5.74) is -0.821. The molecular weight excluding hydrogens is 156 g/mol. The van der Waals surface area contributed by atoms with E-state index in [0.29, 0.717) is 12.8 Å². The second-order valence-corrected chi connectivity index (χ2v) is 3.76. The monoisotopic (exact) mass is 172 g/mol. The summed E-state index contributed by atoms with van der Waals surface area (Å²) in [6.07, 6.45) is 2.25. The SMILES string of the molecule is CC1CC(O)(CC=O)CC(C)O1. The van der Waals surface area contributed by atoms with E-state index in [1.165, 1.54) is 0 Å². The lowest BCUT2D eigenvalue weighted by Gasteiger charge is -2.38. The Bertz CT molecular complexity index is 157. The molecule has 0 amide bonds. The fourth-order valence-corrected chi connectivity index (χ4v) is 1.97. The summed E-state index contributed by atoms with van der Waals surface area (Å²) < 4.78 is 5.45. The number of aliphatic hydroxyl groups is 1. The Morgan fingerprint density at radius 2 is 2.00 bits per heavy atom. The molecule has 1 rings (SSSR count). The Morgan fingerprint density at radius 3 is 2.42 bits per heavy atom. The van der Waals surface area contributed by atoms with Gasteiger partial charge in [-0.3, -0.25) is 0 Å². The van der Waals surface area contributed by atoms with Gasteiger partial charge in [-0.2, -0.15) is 0 Å². The highest BCUT2D eigenvalue weighted by molar-refractivity contribution is 5.51. The zero-order chi connectivity index (χ0) is 9.19. The van der Waals surface area contributed by atoms with Crippen molar-refractivity contribution in [1.82, 2.24) is 0 Å². The minimum absolute atomic E-state index is 0.0544. The van der Waals surface area contributed by atoms with Gasteiger partial charge in [-0.05, 0) is 13.8 Å². The van der Waals surface area contributed by atoms with Gasteiger partial charge in [0.05, 0.1) is 17.8 Å². The molecule has 0 spiro atoms. The fourth-order valence-electron chi connectivity index (χ4n) is 1.97. The molecule has 0 bridgehead atoms. The Morgan fingerprint density at radius 1 is 1.50 bits per heavy atom. The second-order valence-electron chi connectivity index (χ2n) is 3.76. The summed E-state index contributed by atoms with van der Waals surface area (Å²) in [7, 11) is 0. The molecule has 1 aliphatic rings. The molecule has 2 atom stereocenters. The lowest BCUT2D eigenvalue weighted by Crippen LogP contribution is -2.43. The summed E-state index contributed by atoms with van der Waals surface area (Å²) in [5, 5.41) is 9.90. The maximum absolute atomic E-state index is 10.3. The van der Waals surface area contributed by atoms with Crippen LogP contribution in [0.15, 0.2) is 0 Å². The largest absolute Gasteiger partial charge is 0.389 e. The quantitative estimate of drug-likeness (QED) is 0.629. The van der Waals surface area contributed by atoms with Gasteiger partial charge in [0.15, 0.2) is 0 Å². The van der Waals surface area contributed by atoms with E-state index < -0.39 is 5.60 Å². The third kappa shape index (κ3) is 2.29. The molecule has 2 unspecified atom stereocenters. The van der Waals surface area contributed by atoms with Gasteiger partial charge in [-0.15, -0.1) is 0 Å². The molecule has 1 saturated heterocycles. The molecule has 70 valence electrons. The number of carbonyl (C=O) groups is 1. The van der Waals surface area contributed by atoms with E-state index in [1.807, 2.05) is 13.8 Å². The minimum Gasteiger partial charge on any atom is -0.389 e. The van der Waals surface area contributed by atoms with Gasteiger partial charge >= 0.3 is 0 Å². The average Bonchev–Trinajstić information content (AvgIpc) is 1.82. The number of carbonyl (C=O) groups excluding carboxylic acids is 1. The zero-order valence-electron chi connectivity index (χ0n) is 7.62. The molecule has 3 heteroatoms. The van der Waals surface area contributed by atoms with Crippen LogP contribution < -0.4 is 0 Å². The van der Waals surface area contributed by atoms with E-state index in [9.17, 15) is 9.90 Å². The van der Waals surface area contributed by atoms with E-state index in [2.05, 4.69) is 0 Å². The molecule has 12 heavy (non-hydrogen) atoms. The lowest BCUT2D eigenvalue weighted by atomic mass is 9.85. The zero-order valence-corrected chi connectivity index (χ0v) is 7.62. The number of hydrogen-bond donors (Lipinski definition) is 1. The highest BCUT2D eigenvalue weighted by Crippen LogP contribution is 2.30. The standard InChI is InChI=1S/C9H16O3/c1-7-5-9(11,3-4-10)6-8(2)12-7/h4,7-8,11H,3,5-6H2,1-2H3. The predicted molar refractivity (Wildman–Crippen MR) is 44.9 cm³/mol. The van der Waals surface area contributed by atoms with Crippen molar-refractivity contribution in [3.05, 3.63) is 0 Å². The van der Waals surface area contributed by atoms with Crippen LogP contribution in [0.3, 0.4) is 0 Å². The number of aldehydes is 1. The molecule has 0 saturated carbocycles. The molecular formula is C9H16O3. The molecule has 0 aliphatic carbocycles. The van der Waals surface area contributed by atoms with Crippen LogP contribution in [0.4, 0.5) is 0 Å². The van der Waals surface area contributed by atoms with Gasteiger partial charge in [0.25, 0.3) is 0 Å². The molecule has 1 heterocycles.